The highest BCUT2D eigenvalue weighted by molar-refractivity contribution is 5.16. The fourth-order valence-electron chi connectivity index (χ4n) is 1.33. The van der Waals surface area contributed by atoms with Crippen molar-refractivity contribution >= 4 is 0 Å². The molecule has 0 saturated heterocycles. The average Bonchev–Trinajstić information content (AvgIpc) is 2.12. The summed E-state index contributed by atoms with van der Waals surface area (Å²) in [7, 11) is 0. The molecule has 1 aromatic heterocycles. The Balaban J connectivity index is 2.66. The summed E-state index contributed by atoms with van der Waals surface area (Å²) in [5.74, 6) is 0.733. The van der Waals surface area contributed by atoms with Gasteiger partial charge in [0, 0.05) is 11.8 Å². The standard InChI is InChI=1S/C13H21NO/c1-5-6-8-11-9-7-10-12(14-11)15-13(2,3)4/h7,9-10H,5-6,8H2,1-4H3. The first-order valence-corrected chi connectivity index (χ1v) is 5.66. The lowest BCUT2D eigenvalue weighted by atomic mass is 10.2. The van der Waals surface area contributed by atoms with Gasteiger partial charge in [-0.25, -0.2) is 4.98 Å². The summed E-state index contributed by atoms with van der Waals surface area (Å²) in [5.41, 5.74) is 0.953. The number of nitrogens with zero attached hydrogens (tertiary/aromatic N) is 1. The Morgan fingerprint density at radius 2 is 2.00 bits per heavy atom. The largest absolute Gasteiger partial charge is 0.472 e. The SMILES string of the molecule is CCCCc1cccc(OC(C)(C)C)n1. The second-order valence-corrected chi connectivity index (χ2v) is 4.79. The average molecular weight is 207 g/mol. The Hall–Kier alpha value is -1.05. The fourth-order valence-corrected chi connectivity index (χ4v) is 1.33. The summed E-state index contributed by atoms with van der Waals surface area (Å²) in [6.07, 6.45) is 3.43. The number of aromatic nitrogens is 1. The van der Waals surface area contributed by atoms with E-state index < -0.39 is 0 Å². The molecule has 1 aromatic rings. The van der Waals surface area contributed by atoms with E-state index in [0.29, 0.717) is 0 Å². The number of rotatable bonds is 4. The summed E-state index contributed by atoms with van der Waals surface area (Å²) in [4.78, 5) is 4.47. The molecule has 0 aliphatic carbocycles. The lowest BCUT2D eigenvalue weighted by molar-refractivity contribution is 0.124. The van der Waals surface area contributed by atoms with Crippen LogP contribution in [0.3, 0.4) is 0 Å². The van der Waals surface area contributed by atoms with E-state index >= 15 is 0 Å². The van der Waals surface area contributed by atoms with Crippen LogP contribution in [0.2, 0.25) is 0 Å². The van der Waals surface area contributed by atoms with E-state index in [-0.39, 0.29) is 5.60 Å². The predicted octanol–water partition coefficient (Wildman–Crippen LogP) is 3.60. The van der Waals surface area contributed by atoms with Crippen LogP contribution in [0.4, 0.5) is 0 Å². The van der Waals surface area contributed by atoms with Gasteiger partial charge in [-0.1, -0.05) is 19.4 Å². The van der Waals surface area contributed by atoms with E-state index in [4.69, 9.17) is 4.74 Å². The molecule has 0 bridgehead atoms. The van der Waals surface area contributed by atoms with Gasteiger partial charge in [0.15, 0.2) is 0 Å². The minimum absolute atomic E-state index is 0.170. The van der Waals surface area contributed by atoms with Crippen molar-refractivity contribution in [1.82, 2.24) is 4.98 Å². The van der Waals surface area contributed by atoms with Crippen molar-refractivity contribution in [2.45, 2.75) is 52.6 Å². The number of aryl methyl sites for hydroxylation is 1. The molecule has 0 amide bonds. The summed E-state index contributed by atoms with van der Waals surface area (Å²) >= 11 is 0. The van der Waals surface area contributed by atoms with Crippen LogP contribution >= 0.6 is 0 Å². The molecule has 0 radical (unpaired) electrons. The van der Waals surface area contributed by atoms with Crippen LogP contribution in [-0.4, -0.2) is 10.6 Å². The molecule has 0 aromatic carbocycles. The Kier molecular flexibility index (Phi) is 4.13. The summed E-state index contributed by atoms with van der Waals surface area (Å²) in [6, 6.07) is 5.99. The molecule has 0 spiro atoms. The topological polar surface area (TPSA) is 22.1 Å². The van der Waals surface area contributed by atoms with E-state index in [1.165, 1.54) is 12.8 Å². The van der Waals surface area contributed by atoms with Gasteiger partial charge in [0.25, 0.3) is 0 Å². The Morgan fingerprint density at radius 3 is 2.60 bits per heavy atom. The monoisotopic (exact) mass is 207 g/mol. The first-order valence-electron chi connectivity index (χ1n) is 5.66. The minimum Gasteiger partial charge on any atom is -0.472 e. The van der Waals surface area contributed by atoms with E-state index in [0.717, 1.165) is 18.0 Å². The number of pyridine rings is 1. The molecule has 2 nitrogen and oxygen atoms in total. The molecule has 0 atom stereocenters. The molecule has 1 rings (SSSR count). The van der Waals surface area contributed by atoms with Crippen molar-refractivity contribution in [3.05, 3.63) is 23.9 Å². The Labute approximate surface area is 92.7 Å². The van der Waals surface area contributed by atoms with E-state index in [9.17, 15) is 0 Å². The van der Waals surface area contributed by atoms with Gasteiger partial charge in [-0.15, -0.1) is 0 Å². The third kappa shape index (κ3) is 4.82. The van der Waals surface area contributed by atoms with Crippen LogP contribution in [0.15, 0.2) is 18.2 Å². The molecule has 0 N–H and O–H groups in total. The summed E-state index contributed by atoms with van der Waals surface area (Å²) < 4.78 is 5.71. The third-order valence-electron chi connectivity index (χ3n) is 1.98. The van der Waals surface area contributed by atoms with Gasteiger partial charge in [-0.2, -0.15) is 0 Å². The highest BCUT2D eigenvalue weighted by Gasteiger charge is 2.12. The lowest BCUT2D eigenvalue weighted by Crippen LogP contribution is -2.23. The van der Waals surface area contributed by atoms with Crippen LogP contribution in [0.25, 0.3) is 0 Å². The summed E-state index contributed by atoms with van der Waals surface area (Å²) in [6.45, 7) is 8.30. The normalized spacial score (nSPS) is 11.5. The third-order valence-corrected chi connectivity index (χ3v) is 1.98. The Bertz CT molecular complexity index is 302. The molecule has 84 valence electrons. The zero-order valence-electron chi connectivity index (χ0n) is 10.2. The highest BCUT2D eigenvalue weighted by atomic mass is 16.5. The van der Waals surface area contributed by atoms with Gasteiger partial charge >= 0.3 is 0 Å². The zero-order chi connectivity index (χ0) is 11.3. The van der Waals surface area contributed by atoms with Gasteiger partial charge in [0.2, 0.25) is 5.88 Å². The molecular weight excluding hydrogens is 186 g/mol. The maximum Gasteiger partial charge on any atom is 0.213 e. The van der Waals surface area contributed by atoms with Crippen LogP contribution in [0.5, 0.6) is 5.88 Å². The summed E-state index contributed by atoms with van der Waals surface area (Å²) in [5, 5.41) is 0. The van der Waals surface area contributed by atoms with Crippen LogP contribution < -0.4 is 4.74 Å². The van der Waals surface area contributed by atoms with Crippen molar-refractivity contribution in [1.29, 1.82) is 0 Å². The van der Waals surface area contributed by atoms with E-state index in [2.05, 4.69) is 18.0 Å². The molecule has 0 saturated carbocycles. The van der Waals surface area contributed by atoms with Crippen molar-refractivity contribution in [2.75, 3.05) is 0 Å². The van der Waals surface area contributed by atoms with E-state index in [1.807, 2.05) is 32.9 Å². The van der Waals surface area contributed by atoms with Gasteiger partial charge in [-0.05, 0) is 39.7 Å². The maximum atomic E-state index is 5.71. The van der Waals surface area contributed by atoms with Crippen molar-refractivity contribution in [3.8, 4) is 5.88 Å². The van der Waals surface area contributed by atoms with Gasteiger partial charge in [0.05, 0.1) is 0 Å². The first-order chi connectivity index (χ1) is 7.01. The van der Waals surface area contributed by atoms with Crippen molar-refractivity contribution in [2.24, 2.45) is 0 Å². The Morgan fingerprint density at radius 1 is 1.27 bits per heavy atom. The predicted molar refractivity (Wildman–Crippen MR) is 63.2 cm³/mol. The van der Waals surface area contributed by atoms with Crippen LogP contribution in [0.1, 0.15) is 46.2 Å². The number of hydrogen-bond acceptors (Lipinski definition) is 2. The number of hydrogen-bond donors (Lipinski definition) is 0. The fraction of sp³-hybridized carbons (Fsp3) is 0.615. The molecule has 0 unspecified atom stereocenters. The quantitative estimate of drug-likeness (QED) is 0.752. The van der Waals surface area contributed by atoms with Gasteiger partial charge in [-0.3, -0.25) is 0 Å². The first kappa shape index (κ1) is 12.0. The maximum absolute atomic E-state index is 5.71. The van der Waals surface area contributed by atoms with Crippen LogP contribution in [0, 0.1) is 0 Å². The zero-order valence-corrected chi connectivity index (χ0v) is 10.2. The second kappa shape index (κ2) is 5.15. The van der Waals surface area contributed by atoms with Crippen molar-refractivity contribution < 1.29 is 4.74 Å². The molecule has 15 heavy (non-hydrogen) atoms. The molecule has 0 fully saturated rings. The molecular formula is C13H21NO. The van der Waals surface area contributed by atoms with Crippen LogP contribution in [-0.2, 0) is 6.42 Å². The minimum atomic E-state index is -0.170. The molecule has 0 aliphatic heterocycles. The molecule has 2 heteroatoms. The second-order valence-electron chi connectivity index (χ2n) is 4.79. The molecule has 0 aliphatic rings. The number of ether oxygens (including phenoxy) is 1. The van der Waals surface area contributed by atoms with Gasteiger partial charge < -0.3 is 4.74 Å². The van der Waals surface area contributed by atoms with Gasteiger partial charge in [0.1, 0.15) is 5.60 Å². The lowest BCUT2D eigenvalue weighted by Gasteiger charge is -2.20. The highest BCUT2D eigenvalue weighted by Crippen LogP contribution is 2.16. The smallest absolute Gasteiger partial charge is 0.213 e. The van der Waals surface area contributed by atoms with Crippen molar-refractivity contribution in [3.63, 3.8) is 0 Å². The number of unbranched alkanes of at least 4 members (excludes halogenated alkanes) is 1. The van der Waals surface area contributed by atoms with E-state index in [1.54, 1.807) is 0 Å². The molecule has 1 heterocycles.